The number of hydrogen-bond donors (Lipinski definition) is 1. The molecule has 3 aromatic carbocycles. The Morgan fingerprint density at radius 3 is 2.56 bits per heavy atom. The van der Waals surface area contributed by atoms with Crippen LogP contribution in [0.15, 0.2) is 71.6 Å². The normalized spacial score (nSPS) is 11.8. The number of rotatable bonds is 7. The summed E-state index contributed by atoms with van der Waals surface area (Å²) in [4.78, 5) is 4.62. The third kappa shape index (κ3) is 4.68. The highest BCUT2D eigenvalue weighted by Crippen LogP contribution is 2.29. The second kappa shape index (κ2) is 8.76. The fourth-order valence-corrected chi connectivity index (χ4v) is 4.64. The van der Waals surface area contributed by atoms with Crippen molar-refractivity contribution in [2.24, 2.45) is 0 Å². The summed E-state index contributed by atoms with van der Waals surface area (Å²) in [5.41, 5.74) is 2.04. The molecule has 0 aliphatic heterocycles. The van der Waals surface area contributed by atoms with Crippen LogP contribution in [0.25, 0.3) is 11.0 Å². The Labute approximate surface area is 188 Å². The van der Waals surface area contributed by atoms with Gasteiger partial charge in [-0.25, -0.2) is 13.4 Å². The van der Waals surface area contributed by atoms with Crippen LogP contribution in [0.3, 0.4) is 0 Å². The number of imidazole rings is 1. The zero-order chi connectivity index (χ0) is 22.9. The zero-order valence-electron chi connectivity index (χ0n) is 16.8. The highest BCUT2D eigenvalue weighted by atomic mass is 35.5. The third-order valence-electron chi connectivity index (χ3n) is 4.81. The van der Waals surface area contributed by atoms with Crippen molar-refractivity contribution in [3.63, 3.8) is 0 Å². The lowest BCUT2D eigenvalue weighted by atomic mass is 10.2. The van der Waals surface area contributed by atoms with Crippen LogP contribution in [-0.2, 0) is 16.6 Å². The predicted molar refractivity (Wildman–Crippen MR) is 119 cm³/mol. The van der Waals surface area contributed by atoms with Crippen LogP contribution in [0.2, 0.25) is 5.02 Å². The zero-order valence-corrected chi connectivity index (χ0v) is 18.4. The van der Waals surface area contributed by atoms with Crippen molar-refractivity contribution in [3.8, 4) is 5.75 Å². The van der Waals surface area contributed by atoms with E-state index in [-0.39, 0.29) is 17.2 Å². The van der Waals surface area contributed by atoms with Crippen LogP contribution in [0, 0.1) is 6.92 Å². The summed E-state index contributed by atoms with van der Waals surface area (Å²) >= 11 is 6.06. The molecule has 4 aromatic rings. The van der Waals surface area contributed by atoms with Crippen molar-refractivity contribution in [1.82, 2.24) is 9.55 Å². The van der Waals surface area contributed by atoms with Gasteiger partial charge in [-0.3, -0.25) is 4.72 Å². The Balaban J connectivity index is 1.71. The highest BCUT2D eigenvalue weighted by Gasteiger charge is 2.17. The molecule has 0 radical (unpaired) electrons. The minimum atomic E-state index is -3.77. The number of fused-ring (bicyclic) bond motifs is 1. The molecule has 0 saturated heterocycles. The summed E-state index contributed by atoms with van der Waals surface area (Å²) in [7, 11) is -3.77. The molecule has 0 atom stereocenters. The lowest BCUT2D eigenvalue weighted by Crippen LogP contribution is -2.13. The highest BCUT2D eigenvalue weighted by molar-refractivity contribution is 7.92. The number of hydrogen-bond acceptors (Lipinski definition) is 4. The summed E-state index contributed by atoms with van der Waals surface area (Å²) in [5.74, 6) is 0.623. The Kier molecular flexibility index (Phi) is 6.03. The number of benzene rings is 3. The Morgan fingerprint density at radius 1 is 1.09 bits per heavy atom. The van der Waals surface area contributed by atoms with Gasteiger partial charge in [-0.2, -0.15) is 8.78 Å². The molecule has 0 aliphatic rings. The number of sulfonamides is 1. The van der Waals surface area contributed by atoms with Gasteiger partial charge in [0.15, 0.2) is 0 Å². The molecule has 32 heavy (non-hydrogen) atoms. The van der Waals surface area contributed by atoms with Gasteiger partial charge in [0.2, 0.25) is 0 Å². The standard InChI is InChI=1S/C22H18ClF2N3O3S/c1-14-26-19-9-8-17(27-32(29,30)18-5-3-2-4-6-18)12-20(19)28(14)13-15-11-16(23)7-10-21(15)31-22(24)25/h2-12,22,27H,13H2,1H3. The lowest BCUT2D eigenvalue weighted by Gasteiger charge is -2.14. The number of aryl methyl sites for hydroxylation is 1. The maximum Gasteiger partial charge on any atom is 0.387 e. The molecule has 0 saturated carbocycles. The number of anilines is 1. The molecule has 6 nitrogen and oxygen atoms in total. The maximum atomic E-state index is 12.8. The first-order chi connectivity index (χ1) is 15.2. The van der Waals surface area contributed by atoms with E-state index >= 15 is 0 Å². The summed E-state index contributed by atoms with van der Waals surface area (Å²) in [6.45, 7) is -1.05. The molecule has 0 unspecified atom stereocenters. The summed E-state index contributed by atoms with van der Waals surface area (Å²) < 4.78 is 59.9. The van der Waals surface area contributed by atoms with Crippen molar-refractivity contribution in [3.05, 3.63) is 83.1 Å². The molecule has 10 heteroatoms. The van der Waals surface area contributed by atoms with Gasteiger partial charge >= 0.3 is 6.61 Å². The van der Waals surface area contributed by atoms with E-state index in [1.54, 1.807) is 54.0 Å². The second-order valence-electron chi connectivity index (χ2n) is 7.00. The largest absolute Gasteiger partial charge is 0.434 e. The Hall–Kier alpha value is -3.17. The van der Waals surface area contributed by atoms with E-state index in [0.29, 0.717) is 33.1 Å². The monoisotopic (exact) mass is 477 g/mol. The van der Waals surface area contributed by atoms with Gasteiger partial charge in [-0.1, -0.05) is 29.8 Å². The van der Waals surface area contributed by atoms with E-state index in [1.807, 2.05) is 0 Å². The lowest BCUT2D eigenvalue weighted by molar-refractivity contribution is -0.0504. The molecule has 1 heterocycles. The van der Waals surface area contributed by atoms with E-state index < -0.39 is 16.6 Å². The van der Waals surface area contributed by atoms with Crippen molar-refractivity contribution in [2.45, 2.75) is 25.0 Å². The van der Waals surface area contributed by atoms with Crippen molar-refractivity contribution in [2.75, 3.05) is 4.72 Å². The van der Waals surface area contributed by atoms with Gasteiger partial charge in [-0.15, -0.1) is 0 Å². The Morgan fingerprint density at radius 2 is 1.84 bits per heavy atom. The number of alkyl halides is 2. The van der Waals surface area contributed by atoms with Crippen LogP contribution in [0.1, 0.15) is 11.4 Å². The van der Waals surface area contributed by atoms with Gasteiger partial charge in [0.05, 0.1) is 28.2 Å². The van der Waals surface area contributed by atoms with Crippen LogP contribution in [-0.4, -0.2) is 24.6 Å². The number of nitrogens with zero attached hydrogens (tertiary/aromatic N) is 2. The first-order valence-corrected chi connectivity index (χ1v) is 11.4. The van der Waals surface area contributed by atoms with E-state index in [4.69, 9.17) is 11.6 Å². The van der Waals surface area contributed by atoms with Crippen LogP contribution in [0.5, 0.6) is 5.75 Å². The number of halogens is 3. The molecular formula is C22H18ClF2N3O3S. The second-order valence-corrected chi connectivity index (χ2v) is 9.12. The molecule has 1 aromatic heterocycles. The van der Waals surface area contributed by atoms with Gasteiger partial charge in [0, 0.05) is 10.6 Å². The van der Waals surface area contributed by atoms with Crippen LogP contribution < -0.4 is 9.46 Å². The van der Waals surface area contributed by atoms with Crippen LogP contribution >= 0.6 is 11.6 Å². The van der Waals surface area contributed by atoms with Gasteiger partial charge in [0.1, 0.15) is 11.6 Å². The van der Waals surface area contributed by atoms with Crippen molar-refractivity contribution >= 4 is 38.3 Å². The van der Waals surface area contributed by atoms with Crippen LogP contribution in [0.4, 0.5) is 14.5 Å². The first-order valence-electron chi connectivity index (χ1n) is 9.51. The molecule has 0 amide bonds. The topological polar surface area (TPSA) is 73.2 Å². The maximum absolute atomic E-state index is 12.8. The third-order valence-corrected chi connectivity index (χ3v) is 6.44. The quantitative estimate of drug-likeness (QED) is 0.384. The number of nitrogens with one attached hydrogen (secondary N) is 1. The number of ether oxygens (including phenoxy) is 1. The fraction of sp³-hybridized carbons (Fsp3) is 0.136. The number of aromatic nitrogens is 2. The molecule has 0 fully saturated rings. The first kappa shape index (κ1) is 22.0. The summed E-state index contributed by atoms with van der Waals surface area (Å²) in [5, 5.41) is 0.375. The van der Waals surface area contributed by atoms with E-state index in [0.717, 1.165) is 0 Å². The molecule has 166 valence electrons. The Bertz CT molecular complexity index is 1380. The molecular weight excluding hydrogens is 460 g/mol. The van der Waals surface area contributed by atoms with Crippen molar-refractivity contribution in [1.29, 1.82) is 0 Å². The van der Waals surface area contributed by atoms with Gasteiger partial charge < -0.3 is 9.30 Å². The minimum absolute atomic E-state index is 0.00610. The average Bonchev–Trinajstić information content (AvgIpc) is 3.05. The minimum Gasteiger partial charge on any atom is -0.434 e. The molecule has 4 rings (SSSR count). The molecule has 0 bridgehead atoms. The van der Waals surface area contributed by atoms with E-state index in [9.17, 15) is 17.2 Å². The fourth-order valence-electron chi connectivity index (χ4n) is 3.37. The summed E-state index contributed by atoms with van der Waals surface area (Å²) in [6.07, 6.45) is 0. The SMILES string of the molecule is Cc1nc2ccc(NS(=O)(=O)c3ccccc3)cc2n1Cc1cc(Cl)ccc1OC(F)F. The summed E-state index contributed by atoms with van der Waals surface area (Å²) in [6, 6.07) is 17.4. The molecule has 0 spiro atoms. The molecule has 1 N–H and O–H groups in total. The van der Waals surface area contributed by atoms with E-state index in [1.165, 1.54) is 24.3 Å². The van der Waals surface area contributed by atoms with Gasteiger partial charge in [0.25, 0.3) is 10.0 Å². The smallest absolute Gasteiger partial charge is 0.387 e. The predicted octanol–water partition coefficient (Wildman–Crippen LogP) is 5.45. The average molecular weight is 478 g/mol. The van der Waals surface area contributed by atoms with Gasteiger partial charge in [-0.05, 0) is 55.5 Å². The van der Waals surface area contributed by atoms with E-state index in [2.05, 4.69) is 14.4 Å². The molecule has 0 aliphatic carbocycles. The van der Waals surface area contributed by atoms with Crippen molar-refractivity contribution < 1.29 is 21.9 Å².